The number of benzene rings is 1. The summed E-state index contributed by atoms with van der Waals surface area (Å²) in [6.45, 7) is 2.86. The number of rotatable bonds is 3. The Labute approximate surface area is 139 Å². The molecule has 0 bridgehead atoms. The van der Waals surface area contributed by atoms with Crippen molar-refractivity contribution >= 4 is 38.4 Å². The van der Waals surface area contributed by atoms with Gasteiger partial charge in [-0.2, -0.15) is 4.31 Å². The fourth-order valence-corrected chi connectivity index (χ4v) is 4.94. The summed E-state index contributed by atoms with van der Waals surface area (Å²) in [6, 6.07) is 3.71. The summed E-state index contributed by atoms with van der Waals surface area (Å²) in [5.74, 6) is -0.107. The van der Waals surface area contributed by atoms with Crippen LogP contribution in [0.3, 0.4) is 0 Å². The highest BCUT2D eigenvalue weighted by Crippen LogP contribution is 2.29. The predicted molar refractivity (Wildman–Crippen MR) is 86.5 cm³/mol. The third-order valence-corrected chi connectivity index (χ3v) is 6.63. The summed E-state index contributed by atoms with van der Waals surface area (Å²) in [4.78, 5) is 0.109. The van der Waals surface area contributed by atoms with Crippen LogP contribution in [0.5, 0.6) is 0 Å². The minimum Gasteiger partial charge on any atom is -0.328 e. The first-order valence-corrected chi connectivity index (χ1v) is 8.76. The summed E-state index contributed by atoms with van der Waals surface area (Å²) in [6.07, 6.45) is 1.52. The van der Waals surface area contributed by atoms with Gasteiger partial charge in [0, 0.05) is 23.6 Å². The molecule has 1 heterocycles. The zero-order valence-electron chi connectivity index (χ0n) is 11.6. The highest BCUT2D eigenvalue weighted by molar-refractivity contribution is 9.10. The molecule has 0 radical (unpaired) electrons. The van der Waals surface area contributed by atoms with E-state index in [1.165, 1.54) is 16.4 Å². The van der Waals surface area contributed by atoms with E-state index in [-0.39, 0.29) is 27.8 Å². The molecule has 2 rings (SSSR count). The van der Waals surface area contributed by atoms with Crippen LogP contribution in [0.15, 0.2) is 27.6 Å². The Morgan fingerprint density at radius 2 is 1.95 bits per heavy atom. The molecule has 2 N–H and O–H groups in total. The van der Waals surface area contributed by atoms with Gasteiger partial charge in [0.25, 0.3) is 0 Å². The van der Waals surface area contributed by atoms with E-state index >= 15 is 0 Å². The molecule has 1 fully saturated rings. The molecule has 1 aliphatic heterocycles. The third-order valence-electron chi connectivity index (χ3n) is 3.75. The molecule has 1 saturated heterocycles. The Kier molecular flexibility index (Phi) is 6.61. The van der Waals surface area contributed by atoms with Crippen molar-refractivity contribution in [2.24, 2.45) is 11.7 Å². The van der Waals surface area contributed by atoms with Gasteiger partial charge in [0.1, 0.15) is 5.82 Å². The fourth-order valence-electron chi connectivity index (χ4n) is 2.47. The Balaban J connectivity index is 0.00000220. The van der Waals surface area contributed by atoms with Crippen molar-refractivity contribution in [3.63, 3.8) is 0 Å². The number of piperidine rings is 1. The molecular weight excluding hydrogens is 383 g/mol. The van der Waals surface area contributed by atoms with Crippen LogP contribution in [0.2, 0.25) is 0 Å². The lowest BCUT2D eigenvalue weighted by Crippen LogP contribution is -2.42. The molecule has 21 heavy (non-hydrogen) atoms. The first-order chi connectivity index (χ1) is 9.32. The highest BCUT2D eigenvalue weighted by Gasteiger charge is 2.31. The van der Waals surface area contributed by atoms with Crippen LogP contribution in [-0.2, 0) is 10.0 Å². The normalized spacial score (nSPS) is 19.0. The van der Waals surface area contributed by atoms with Gasteiger partial charge in [0.2, 0.25) is 10.0 Å². The maximum absolute atomic E-state index is 13.1. The molecular formula is C13H19BrClFN2O2S. The van der Waals surface area contributed by atoms with E-state index in [2.05, 4.69) is 15.9 Å². The van der Waals surface area contributed by atoms with Gasteiger partial charge in [-0.25, -0.2) is 12.8 Å². The second-order valence-electron chi connectivity index (χ2n) is 5.18. The van der Waals surface area contributed by atoms with Gasteiger partial charge in [-0.05, 0) is 59.8 Å². The summed E-state index contributed by atoms with van der Waals surface area (Å²) < 4.78 is 39.8. The van der Waals surface area contributed by atoms with Crippen LogP contribution in [0.25, 0.3) is 0 Å². The Morgan fingerprint density at radius 3 is 2.43 bits per heavy atom. The molecule has 1 aromatic rings. The smallest absolute Gasteiger partial charge is 0.244 e. The van der Waals surface area contributed by atoms with Crippen LogP contribution in [-0.4, -0.2) is 31.9 Å². The first kappa shape index (κ1) is 18.8. The molecule has 0 spiro atoms. The average Bonchev–Trinajstić information content (AvgIpc) is 2.38. The molecule has 1 atom stereocenters. The van der Waals surface area contributed by atoms with Gasteiger partial charge in [0.05, 0.1) is 4.90 Å². The first-order valence-electron chi connectivity index (χ1n) is 6.53. The standard InChI is InChI=1S/C13H18BrFN2O2S.ClH/c1-9(16)10-4-6-17(7-5-10)20(18,19)13-3-2-11(15)8-12(13)14;/h2-3,8-10H,4-7,16H2,1H3;1H. The van der Waals surface area contributed by atoms with Crippen molar-refractivity contribution in [3.05, 3.63) is 28.5 Å². The van der Waals surface area contributed by atoms with Crippen molar-refractivity contribution in [2.75, 3.05) is 13.1 Å². The monoisotopic (exact) mass is 400 g/mol. The lowest BCUT2D eigenvalue weighted by molar-refractivity contribution is 0.250. The molecule has 8 heteroatoms. The van der Waals surface area contributed by atoms with Crippen molar-refractivity contribution in [2.45, 2.75) is 30.7 Å². The minimum atomic E-state index is -3.58. The second kappa shape index (κ2) is 7.37. The average molecular weight is 402 g/mol. The molecule has 1 unspecified atom stereocenters. The largest absolute Gasteiger partial charge is 0.328 e. The molecule has 0 saturated carbocycles. The number of nitrogens with zero attached hydrogens (tertiary/aromatic N) is 1. The Bertz CT molecular complexity index is 590. The number of nitrogens with two attached hydrogens (primary N) is 1. The molecule has 0 aliphatic carbocycles. The van der Waals surface area contributed by atoms with E-state index in [1.54, 1.807) is 0 Å². The van der Waals surface area contributed by atoms with E-state index < -0.39 is 15.8 Å². The Morgan fingerprint density at radius 1 is 1.38 bits per heavy atom. The van der Waals surface area contributed by atoms with Crippen molar-refractivity contribution < 1.29 is 12.8 Å². The summed E-state index contributed by atoms with van der Waals surface area (Å²) in [5.41, 5.74) is 5.86. The van der Waals surface area contributed by atoms with Crippen molar-refractivity contribution in [1.29, 1.82) is 0 Å². The lowest BCUT2D eigenvalue weighted by atomic mass is 9.92. The summed E-state index contributed by atoms with van der Waals surface area (Å²) in [7, 11) is -3.58. The van der Waals surface area contributed by atoms with Gasteiger partial charge in [0.15, 0.2) is 0 Å². The van der Waals surface area contributed by atoms with Gasteiger partial charge in [-0.1, -0.05) is 0 Å². The quantitative estimate of drug-likeness (QED) is 0.847. The lowest BCUT2D eigenvalue weighted by Gasteiger charge is -2.33. The highest BCUT2D eigenvalue weighted by atomic mass is 79.9. The molecule has 4 nitrogen and oxygen atoms in total. The van der Waals surface area contributed by atoms with Crippen LogP contribution in [0.4, 0.5) is 4.39 Å². The molecule has 1 aromatic carbocycles. The van der Waals surface area contributed by atoms with Crippen LogP contribution in [0.1, 0.15) is 19.8 Å². The van der Waals surface area contributed by atoms with Crippen molar-refractivity contribution in [1.82, 2.24) is 4.31 Å². The van der Waals surface area contributed by atoms with E-state index in [0.717, 1.165) is 18.9 Å². The zero-order valence-corrected chi connectivity index (χ0v) is 14.8. The van der Waals surface area contributed by atoms with E-state index in [0.29, 0.717) is 19.0 Å². The van der Waals surface area contributed by atoms with Gasteiger partial charge in [-0.3, -0.25) is 0 Å². The maximum Gasteiger partial charge on any atom is 0.244 e. The zero-order chi connectivity index (χ0) is 14.9. The number of hydrogen-bond acceptors (Lipinski definition) is 3. The number of hydrogen-bond donors (Lipinski definition) is 1. The second-order valence-corrected chi connectivity index (χ2v) is 7.94. The number of halogens is 3. The van der Waals surface area contributed by atoms with Crippen LogP contribution in [0, 0.1) is 11.7 Å². The molecule has 0 amide bonds. The van der Waals surface area contributed by atoms with E-state index in [1.807, 2.05) is 6.92 Å². The number of sulfonamides is 1. The fraction of sp³-hybridized carbons (Fsp3) is 0.538. The van der Waals surface area contributed by atoms with Crippen LogP contribution < -0.4 is 5.73 Å². The molecule has 120 valence electrons. The van der Waals surface area contributed by atoms with Gasteiger partial charge < -0.3 is 5.73 Å². The van der Waals surface area contributed by atoms with E-state index in [4.69, 9.17) is 5.73 Å². The predicted octanol–water partition coefficient (Wildman–Crippen LogP) is 2.76. The maximum atomic E-state index is 13.1. The van der Waals surface area contributed by atoms with Crippen molar-refractivity contribution in [3.8, 4) is 0 Å². The topological polar surface area (TPSA) is 63.4 Å². The molecule has 1 aliphatic rings. The minimum absolute atomic E-state index is 0. The van der Waals surface area contributed by atoms with Gasteiger partial charge >= 0.3 is 0 Å². The summed E-state index contributed by atoms with van der Waals surface area (Å²) >= 11 is 3.12. The Hall–Kier alpha value is -0.210. The third kappa shape index (κ3) is 4.16. The summed E-state index contributed by atoms with van der Waals surface area (Å²) in [5, 5.41) is 0. The SMILES string of the molecule is CC(N)C1CCN(S(=O)(=O)c2ccc(F)cc2Br)CC1.Cl. The van der Waals surface area contributed by atoms with E-state index in [9.17, 15) is 12.8 Å². The van der Waals surface area contributed by atoms with Gasteiger partial charge in [-0.15, -0.1) is 12.4 Å². The molecule has 0 aromatic heterocycles. The van der Waals surface area contributed by atoms with Crippen LogP contribution >= 0.6 is 28.3 Å².